The zero-order chi connectivity index (χ0) is 22.0. The van der Waals surface area contributed by atoms with E-state index >= 15 is 0 Å². The van der Waals surface area contributed by atoms with E-state index in [4.69, 9.17) is 26.5 Å². The van der Waals surface area contributed by atoms with Crippen molar-refractivity contribution in [2.75, 3.05) is 30.8 Å². The van der Waals surface area contributed by atoms with Gasteiger partial charge in [0.2, 0.25) is 0 Å². The lowest BCUT2D eigenvalue weighted by molar-refractivity contribution is 0.109. The van der Waals surface area contributed by atoms with Crippen molar-refractivity contribution in [3.05, 3.63) is 22.7 Å². The molecule has 1 aliphatic heterocycles. The Labute approximate surface area is 179 Å². The molecule has 1 fully saturated rings. The molecule has 0 spiro atoms. The molecule has 1 amide bonds. The van der Waals surface area contributed by atoms with E-state index in [9.17, 15) is 10.1 Å². The minimum atomic E-state index is -2.10. The third-order valence-corrected chi connectivity index (χ3v) is 10.8. The van der Waals surface area contributed by atoms with Crippen molar-refractivity contribution in [1.29, 1.82) is 5.26 Å². The van der Waals surface area contributed by atoms with Crippen LogP contribution >= 0.6 is 11.6 Å². The van der Waals surface area contributed by atoms with E-state index in [1.54, 1.807) is 12.1 Å². The van der Waals surface area contributed by atoms with E-state index in [2.05, 4.69) is 50.2 Å². The van der Waals surface area contributed by atoms with Gasteiger partial charge in [-0.1, -0.05) is 32.4 Å². The second-order valence-electron chi connectivity index (χ2n) is 8.90. The van der Waals surface area contributed by atoms with E-state index in [0.29, 0.717) is 41.5 Å². The lowest BCUT2D eigenvalue weighted by atomic mass is 10.0. The summed E-state index contributed by atoms with van der Waals surface area (Å²) < 4.78 is 11.5. The zero-order valence-electron chi connectivity index (χ0n) is 18.0. The second kappa shape index (κ2) is 8.82. The molecule has 0 unspecified atom stereocenters. The first-order chi connectivity index (χ1) is 13.4. The lowest BCUT2D eigenvalue weighted by Crippen LogP contribution is -2.59. The third kappa shape index (κ3) is 5.35. The largest absolute Gasteiger partial charge is 0.453 e. The number of nitriles is 1. The number of hydrogen-bond donors (Lipinski definition) is 2. The molecule has 0 bridgehead atoms. The monoisotopic (exact) mass is 438 g/mol. The number of amides is 1. The van der Waals surface area contributed by atoms with Crippen molar-refractivity contribution in [3.63, 3.8) is 0 Å². The number of nitrogens with two attached hydrogens (primary N) is 1. The molecule has 0 aromatic heterocycles. The number of nitrogen functional groups attached to an aromatic ring is 1. The number of nitrogens with zero attached hydrogens (tertiary/aromatic N) is 2. The summed E-state index contributed by atoms with van der Waals surface area (Å²) in [4.78, 5) is 13.9. The first-order valence-electron chi connectivity index (χ1n) is 9.66. The number of carbonyl (C=O) groups is 1. The van der Waals surface area contributed by atoms with E-state index < -0.39 is 14.4 Å². The smallest absolute Gasteiger partial charge is 0.407 e. The van der Waals surface area contributed by atoms with Crippen LogP contribution in [-0.4, -0.2) is 46.8 Å². The van der Waals surface area contributed by atoms with Gasteiger partial charge >= 0.3 is 6.09 Å². The van der Waals surface area contributed by atoms with Gasteiger partial charge in [-0.2, -0.15) is 5.26 Å². The molecule has 0 radical (unpaired) electrons. The SMILES string of the molecule is COC(=O)N[C@H]1CCN(c2cc(C#N)cc(N)c2Cl)C[C@@H]1O[Si](C)(C)C(C)(C)C. The van der Waals surface area contributed by atoms with Crippen LogP contribution in [0.15, 0.2) is 12.1 Å². The maximum atomic E-state index is 11.9. The Kier molecular flexibility index (Phi) is 7.09. The molecular formula is C20H31ClN4O3Si. The Bertz CT molecular complexity index is 804. The van der Waals surface area contributed by atoms with Crippen LogP contribution in [0.3, 0.4) is 0 Å². The number of halogens is 1. The second-order valence-corrected chi connectivity index (χ2v) is 14.0. The maximum Gasteiger partial charge on any atom is 0.407 e. The number of rotatable bonds is 4. The highest BCUT2D eigenvalue weighted by molar-refractivity contribution is 6.74. The highest BCUT2D eigenvalue weighted by Crippen LogP contribution is 2.39. The van der Waals surface area contributed by atoms with E-state index in [0.717, 1.165) is 0 Å². The van der Waals surface area contributed by atoms with Gasteiger partial charge in [0.15, 0.2) is 8.32 Å². The molecule has 1 aromatic carbocycles. The number of carbonyl (C=O) groups excluding carboxylic acids is 1. The molecule has 2 atom stereocenters. The van der Waals surface area contributed by atoms with Crippen molar-refractivity contribution in [3.8, 4) is 6.07 Å². The fraction of sp³-hybridized carbons (Fsp3) is 0.600. The van der Waals surface area contributed by atoms with Gasteiger partial charge in [-0.25, -0.2) is 4.79 Å². The number of benzene rings is 1. The van der Waals surface area contributed by atoms with Crippen molar-refractivity contribution in [2.24, 2.45) is 0 Å². The number of piperidine rings is 1. The number of ether oxygens (including phenoxy) is 1. The highest BCUT2D eigenvalue weighted by Gasteiger charge is 2.43. The topological polar surface area (TPSA) is 101 Å². The number of anilines is 2. The molecule has 3 N–H and O–H groups in total. The van der Waals surface area contributed by atoms with Gasteiger partial charge in [0, 0.05) is 13.1 Å². The Balaban J connectivity index is 2.34. The predicted octanol–water partition coefficient (Wildman–Crippen LogP) is 4.12. The summed E-state index contributed by atoms with van der Waals surface area (Å²) in [5, 5.41) is 12.7. The Hall–Kier alpha value is -1.95. The molecule has 1 saturated heterocycles. The molecule has 29 heavy (non-hydrogen) atoms. The average Bonchev–Trinajstić information content (AvgIpc) is 2.64. The number of methoxy groups -OCH3 is 1. The van der Waals surface area contributed by atoms with E-state index in [1.165, 1.54) is 7.11 Å². The summed E-state index contributed by atoms with van der Waals surface area (Å²) in [6.07, 6.45) is -0.0608. The van der Waals surface area contributed by atoms with Gasteiger partial charge in [0.05, 0.1) is 47.3 Å². The summed E-state index contributed by atoms with van der Waals surface area (Å²) in [6, 6.07) is 5.26. The van der Waals surface area contributed by atoms with Crippen molar-refractivity contribution in [1.82, 2.24) is 5.32 Å². The molecule has 1 aromatic rings. The van der Waals surface area contributed by atoms with Crippen molar-refractivity contribution < 1.29 is 14.0 Å². The van der Waals surface area contributed by atoms with Crippen LogP contribution in [0.2, 0.25) is 23.2 Å². The number of alkyl carbamates (subject to hydrolysis) is 1. The summed E-state index contributed by atoms with van der Waals surface area (Å²) in [6.45, 7) is 12.1. The molecule has 0 aliphatic carbocycles. The number of hydrogen-bond acceptors (Lipinski definition) is 6. The van der Waals surface area contributed by atoms with Crippen LogP contribution in [0.5, 0.6) is 0 Å². The van der Waals surface area contributed by atoms with Crippen molar-refractivity contribution >= 4 is 37.4 Å². The molecule has 160 valence electrons. The molecule has 0 saturated carbocycles. The fourth-order valence-electron chi connectivity index (χ4n) is 3.11. The predicted molar refractivity (Wildman–Crippen MR) is 119 cm³/mol. The van der Waals surface area contributed by atoms with Gasteiger partial charge in [0.1, 0.15) is 0 Å². The molecule has 1 aliphatic rings. The van der Waals surface area contributed by atoms with Gasteiger partial charge in [-0.3, -0.25) is 0 Å². The van der Waals surface area contributed by atoms with Crippen LogP contribution in [-0.2, 0) is 9.16 Å². The third-order valence-electron chi connectivity index (χ3n) is 5.85. The zero-order valence-corrected chi connectivity index (χ0v) is 19.8. The maximum absolute atomic E-state index is 11.9. The minimum absolute atomic E-state index is 0.0217. The average molecular weight is 439 g/mol. The van der Waals surface area contributed by atoms with Gasteiger partial charge in [0.25, 0.3) is 0 Å². The van der Waals surface area contributed by atoms with E-state index in [-0.39, 0.29) is 17.2 Å². The van der Waals surface area contributed by atoms with Crippen LogP contribution < -0.4 is 16.0 Å². The van der Waals surface area contributed by atoms with Gasteiger partial charge < -0.3 is 25.1 Å². The Morgan fingerprint density at radius 3 is 2.62 bits per heavy atom. The molecule has 1 heterocycles. The van der Waals surface area contributed by atoms with Crippen LogP contribution in [0.25, 0.3) is 0 Å². The summed E-state index contributed by atoms with van der Waals surface area (Å²) in [7, 11) is -0.746. The Morgan fingerprint density at radius 2 is 2.07 bits per heavy atom. The minimum Gasteiger partial charge on any atom is -0.453 e. The molecular weight excluding hydrogens is 408 g/mol. The highest BCUT2D eigenvalue weighted by atomic mass is 35.5. The quantitative estimate of drug-likeness (QED) is 0.541. The van der Waals surface area contributed by atoms with Crippen LogP contribution in [0.1, 0.15) is 32.8 Å². The summed E-state index contributed by atoms with van der Waals surface area (Å²) in [5.41, 5.74) is 7.54. The number of nitrogens with one attached hydrogen (secondary N) is 1. The first-order valence-corrected chi connectivity index (χ1v) is 12.9. The molecule has 7 nitrogen and oxygen atoms in total. The van der Waals surface area contributed by atoms with Crippen LogP contribution in [0, 0.1) is 11.3 Å². The summed E-state index contributed by atoms with van der Waals surface area (Å²) in [5.74, 6) is 0. The lowest BCUT2D eigenvalue weighted by Gasteiger charge is -2.46. The van der Waals surface area contributed by atoms with Gasteiger partial charge in [-0.05, 0) is 36.7 Å². The molecule has 9 heteroatoms. The normalized spacial score (nSPS) is 20.1. The summed E-state index contributed by atoms with van der Waals surface area (Å²) >= 11 is 6.45. The van der Waals surface area contributed by atoms with E-state index in [1.807, 2.05) is 0 Å². The standard InChI is InChI=1S/C20H31ClN4O3Si/c1-20(2,3)29(5,6)28-17-12-25(8-7-15(17)24-19(26)27-4)16-10-13(11-22)9-14(23)18(16)21/h9-10,15,17H,7-8,12,23H2,1-6H3,(H,24,26)/t15-,17-/m0/s1. The van der Waals surface area contributed by atoms with Crippen LogP contribution in [0.4, 0.5) is 16.2 Å². The molecule has 2 rings (SSSR count). The fourth-order valence-corrected chi connectivity index (χ4v) is 4.69. The first kappa shape index (κ1) is 23.3. The van der Waals surface area contributed by atoms with Gasteiger partial charge in [-0.15, -0.1) is 0 Å². The van der Waals surface area contributed by atoms with Crippen molar-refractivity contribution in [2.45, 2.75) is 57.5 Å². The Morgan fingerprint density at radius 1 is 1.41 bits per heavy atom.